The van der Waals surface area contributed by atoms with Gasteiger partial charge in [0.05, 0.1) is 6.54 Å². The van der Waals surface area contributed by atoms with Crippen LogP contribution >= 0.6 is 0 Å². The van der Waals surface area contributed by atoms with Crippen LogP contribution in [0.3, 0.4) is 0 Å². The zero-order valence-corrected chi connectivity index (χ0v) is 14.2. The fraction of sp³-hybridized carbons (Fsp3) is 0.556. The number of benzene rings is 1. The highest BCUT2D eigenvalue weighted by Crippen LogP contribution is 2.28. The lowest BCUT2D eigenvalue weighted by Crippen LogP contribution is -2.51. The van der Waals surface area contributed by atoms with Gasteiger partial charge in [0.2, 0.25) is 5.91 Å². The Morgan fingerprint density at radius 2 is 1.88 bits per heavy atom. The van der Waals surface area contributed by atoms with E-state index in [9.17, 15) is 4.79 Å². The molecule has 0 aromatic heterocycles. The molecule has 1 saturated heterocycles. The predicted molar refractivity (Wildman–Crippen MR) is 96.9 cm³/mol. The number of guanidine groups is 1. The van der Waals surface area contributed by atoms with Crippen LogP contribution in [-0.4, -0.2) is 60.9 Å². The van der Waals surface area contributed by atoms with Gasteiger partial charge in [-0.2, -0.15) is 0 Å². The van der Waals surface area contributed by atoms with E-state index in [2.05, 4.69) is 15.2 Å². The van der Waals surface area contributed by atoms with E-state index >= 15 is 0 Å². The van der Waals surface area contributed by atoms with E-state index < -0.39 is 0 Å². The molecule has 0 atom stereocenters. The number of rotatable bonds is 5. The number of nitrogens with one attached hydrogen (secondary N) is 1. The maximum Gasteiger partial charge on any atom is 0.225 e. The van der Waals surface area contributed by atoms with E-state index in [0.29, 0.717) is 24.3 Å². The summed E-state index contributed by atoms with van der Waals surface area (Å²) in [7, 11) is 0. The van der Waals surface area contributed by atoms with E-state index in [1.54, 1.807) is 0 Å². The molecule has 1 aliphatic carbocycles. The van der Waals surface area contributed by atoms with Crippen LogP contribution in [-0.2, 0) is 4.79 Å². The standard InChI is InChI=1S/C18H27N5O/c19-18(21-16-7-2-1-3-8-16)20-9-10-22-11-13-23(14-12-22)17(24)15-5-4-6-15/h1-3,7-8,15H,4-6,9-14H2,(H3,19,20,21). The van der Waals surface area contributed by atoms with Crippen molar-refractivity contribution in [3.05, 3.63) is 30.3 Å². The van der Waals surface area contributed by atoms with Gasteiger partial charge in [0.25, 0.3) is 0 Å². The Kier molecular flexibility index (Phi) is 5.69. The fourth-order valence-corrected chi connectivity index (χ4v) is 3.13. The van der Waals surface area contributed by atoms with E-state index in [1.807, 2.05) is 35.2 Å². The van der Waals surface area contributed by atoms with Crippen molar-refractivity contribution >= 4 is 17.6 Å². The van der Waals surface area contributed by atoms with Crippen molar-refractivity contribution < 1.29 is 4.79 Å². The van der Waals surface area contributed by atoms with Crippen LogP contribution in [0.2, 0.25) is 0 Å². The summed E-state index contributed by atoms with van der Waals surface area (Å²) in [6, 6.07) is 9.80. The van der Waals surface area contributed by atoms with Gasteiger partial charge in [-0.1, -0.05) is 24.6 Å². The molecule has 1 aromatic carbocycles. The number of hydrogen-bond donors (Lipinski definition) is 2. The Morgan fingerprint density at radius 3 is 2.50 bits per heavy atom. The lowest BCUT2D eigenvalue weighted by Gasteiger charge is -2.38. The Balaban J connectivity index is 1.35. The van der Waals surface area contributed by atoms with E-state index in [1.165, 1.54) is 6.42 Å². The maximum atomic E-state index is 12.2. The first-order valence-corrected chi connectivity index (χ1v) is 8.85. The molecule has 0 unspecified atom stereocenters. The fourth-order valence-electron chi connectivity index (χ4n) is 3.13. The van der Waals surface area contributed by atoms with Gasteiger partial charge >= 0.3 is 0 Å². The summed E-state index contributed by atoms with van der Waals surface area (Å²) in [4.78, 5) is 21.0. The molecular weight excluding hydrogens is 302 g/mol. The molecule has 2 aliphatic rings. The molecule has 24 heavy (non-hydrogen) atoms. The van der Waals surface area contributed by atoms with Gasteiger partial charge in [-0.3, -0.25) is 14.7 Å². The molecular formula is C18H27N5O. The van der Waals surface area contributed by atoms with Crippen molar-refractivity contribution in [2.75, 3.05) is 44.6 Å². The molecule has 1 amide bonds. The normalized spacial score (nSPS) is 19.8. The third-order valence-corrected chi connectivity index (χ3v) is 4.88. The average Bonchev–Trinajstić information content (AvgIpc) is 2.55. The van der Waals surface area contributed by atoms with Crippen LogP contribution in [0.1, 0.15) is 19.3 Å². The summed E-state index contributed by atoms with van der Waals surface area (Å²) in [6.07, 6.45) is 3.38. The molecule has 1 heterocycles. The highest BCUT2D eigenvalue weighted by molar-refractivity contribution is 5.92. The number of aliphatic imine (C=N–C) groups is 1. The molecule has 1 aliphatic heterocycles. The highest BCUT2D eigenvalue weighted by Gasteiger charge is 2.30. The predicted octanol–water partition coefficient (Wildman–Crippen LogP) is 1.36. The molecule has 130 valence electrons. The Hall–Kier alpha value is -2.08. The molecule has 0 radical (unpaired) electrons. The van der Waals surface area contributed by atoms with Gasteiger partial charge in [-0.05, 0) is 25.0 Å². The zero-order chi connectivity index (χ0) is 16.8. The summed E-state index contributed by atoms with van der Waals surface area (Å²) in [5.74, 6) is 1.13. The smallest absolute Gasteiger partial charge is 0.225 e. The number of nitrogens with two attached hydrogens (primary N) is 1. The van der Waals surface area contributed by atoms with Gasteiger partial charge in [0.1, 0.15) is 0 Å². The largest absolute Gasteiger partial charge is 0.370 e. The van der Waals surface area contributed by atoms with Crippen molar-refractivity contribution in [3.63, 3.8) is 0 Å². The van der Waals surface area contributed by atoms with Gasteiger partial charge < -0.3 is 16.0 Å². The Labute approximate surface area is 143 Å². The summed E-state index contributed by atoms with van der Waals surface area (Å²) in [6.45, 7) is 5.10. The quantitative estimate of drug-likeness (QED) is 0.632. The van der Waals surface area contributed by atoms with Gasteiger partial charge in [0, 0.05) is 44.3 Å². The monoisotopic (exact) mass is 329 g/mol. The van der Waals surface area contributed by atoms with E-state index in [-0.39, 0.29) is 0 Å². The van der Waals surface area contributed by atoms with Crippen LogP contribution in [0.4, 0.5) is 5.69 Å². The molecule has 1 saturated carbocycles. The zero-order valence-electron chi connectivity index (χ0n) is 14.2. The molecule has 6 heteroatoms. The van der Waals surface area contributed by atoms with Crippen LogP contribution < -0.4 is 11.1 Å². The Morgan fingerprint density at radius 1 is 1.17 bits per heavy atom. The molecule has 2 fully saturated rings. The first kappa shape index (κ1) is 16.8. The number of nitrogens with zero attached hydrogens (tertiary/aromatic N) is 3. The number of carbonyl (C=O) groups is 1. The third-order valence-electron chi connectivity index (χ3n) is 4.88. The lowest BCUT2D eigenvalue weighted by atomic mass is 9.84. The molecule has 3 N–H and O–H groups in total. The minimum absolute atomic E-state index is 0.310. The summed E-state index contributed by atoms with van der Waals surface area (Å²) in [5.41, 5.74) is 6.85. The van der Waals surface area contributed by atoms with Crippen LogP contribution in [0.15, 0.2) is 35.3 Å². The minimum atomic E-state index is 0.310. The summed E-state index contributed by atoms with van der Waals surface area (Å²) in [5, 5.41) is 3.08. The number of para-hydroxylation sites is 1. The number of piperazine rings is 1. The molecule has 1 aromatic rings. The summed E-state index contributed by atoms with van der Waals surface area (Å²) >= 11 is 0. The maximum absolute atomic E-state index is 12.2. The van der Waals surface area contributed by atoms with Crippen molar-refractivity contribution in [1.82, 2.24) is 9.80 Å². The molecule has 6 nitrogen and oxygen atoms in total. The first-order chi connectivity index (χ1) is 11.7. The number of hydrogen-bond acceptors (Lipinski definition) is 3. The van der Waals surface area contributed by atoms with Crippen LogP contribution in [0, 0.1) is 5.92 Å². The van der Waals surface area contributed by atoms with Gasteiger partial charge in [0.15, 0.2) is 5.96 Å². The second-order valence-electron chi connectivity index (χ2n) is 6.55. The second-order valence-corrected chi connectivity index (χ2v) is 6.55. The van der Waals surface area contributed by atoms with Crippen molar-refractivity contribution in [3.8, 4) is 0 Å². The first-order valence-electron chi connectivity index (χ1n) is 8.85. The number of carbonyl (C=O) groups excluding carboxylic acids is 1. The van der Waals surface area contributed by atoms with E-state index in [0.717, 1.165) is 51.3 Å². The SMILES string of the molecule is NC(=NCCN1CCN(C(=O)C2CCC2)CC1)Nc1ccccc1. The van der Waals surface area contributed by atoms with Crippen molar-refractivity contribution in [2.45, 2.75) is 19.3 Å². The number of amides is 1. The average molecular weight is 329 g/mol. The second kappa shape index (κ2) is 8.15. The third kappa shape index (κ3) is 4.47. The minimum Gasteiger partial charge on any atom is -0.370 e. The molecule has 0 bridgehead atoms. The topological polar surface area (TPSA) is 74.0 Å². The van der Waals surface area contributed by atoms with Crippen molar-refractivity contribution in [1.29, 1.82) is 0 Å². The number of anilines is 1. The van der Waals surface area contributed by atoms with Gasteiger partial charge in [-0.15, -0.1) is 0 Å². The van der Waals surface area contributed by atoms with Crippen molar-refractivity contribution in [2.24, 2.45) is 16.6 Å². The Bertz CT molecular complexity index is 562. The highest BCUT2D eigenvalue weighted by atomic mass is 16.2. The summed E-state index contributed by atoms with van der Waals surface area (Å²) < 4.78 is 0. The van der Waals surface area contributed by atoms with E-state index in [4.69, 9.17) is 5.73 Å². The van der Waals surface area contributed by atoms with Gasteiger partial charge in [-0.25, -0.2) is 0 Å². The van der Waals surface area contributed by atoms with Crippen LogP contribution in [0.5, 0.6) is 0 Å². The molecule has 3 rings (SSSR count). The lowest BCUT2D eigenvalue weighted by molar-refractivity contribution is -0.139. The van der Waals surface area contributed by atoms with Crippen LogP contribution in [0.25, 0.3) is 0 Å². The molecule has 0 spiro atoms.